The van der Waals surface area contributed by atoms with Crippen LogP contribution in [0, 0.1) is 11.8 Å². The van der Waals surface area contributed by atoms with Gasteiger partial charge in [0.2, 0.25) is 0 Å². The molecule has 2 unspecified atom stereocenters. The van der Waals surface area contributed by atoms with E-state index in [4.69, 9.17) is 0 Å². The first kappa shape index (κ1) is 27.1. The van der Waals surface area contributed by atoms with Crippen LogP contribution in [0.5, 0.6) is 0 Å². The zero-order valence-corrected chi connectivity index (χ0v) is 25.0. The van der Waals surface area contributed by atoms with Crippen molar-refractivity contribution in [3.63, 3.8) is 0 Å². The van der Waals surface area contributed by atoms with Gasteiger partial charge in [-0.3, -0.25) is 0 Å². The molecule has 1 aromatic heterocycles. The molecule has 206 valence electrons. The lowest BCUT2D eigenvalue weighted by Crippen LogP contribution is -2.14. The Morgan fingerprint density at radius 1 is 0.976 bits per heavy atom. The van der Waals surface area contributed by atoms with E-state index in [1.54, 1.807) is 5.57 Å². The van der Waals surface area contributed by atoms with E-state index in [9.17, 15) is 0 Å². The minimum absolute atomic E-state index is 0.416. The topological polar surface area (TPSA) is 4.93 Å². The lowest BCUT2D eigenvalue weighted by atomic mass is 9.74. The zero-order chi connectivity index (χ0) is 28.5. The van der Waals surface area contributed by atoms with Crippen molar-refractivity contribution in [2.45, 2.75) is 53.4 Å². The van der Waals surface area contributed by atoms with Crippen molar-refractivity contribution in [2.24, 2.45) is 11.8 Å². The summed E-state index contributed by atoms with van der Waals surface area (Å²) in [5.41, 5.74) is 14.8. The largest absolute Gasteiger partial charge is 0.309 e. The van der Waals surface area contributed by atoms with Gasteiger partial charge in [0, 0.05) is 22.6 Å². The minimum Gasteiger partial charge on any atom is -0.309 e. The van der Waals surface area contributed by atoms with Crippen molar-refractivity contribution in [3.8, 4) is 5.69 Å². The quantitative estimate of drug-likeness (QED) is 0.296. The molecular weight excluding hydrogens is 494 g/mol. The summed E-state index contributed by atoms with van der Waals surface area (Å²) >= 11 is 0. The fourth-order valence-electron chi connectivity index (χ4n) is 7.00. The molecule has 6 rings (SSSR count). The molecule has 0 aliphatic heterocycles. The molecule has 0 N–H and O–H groups in total. The van der Waals surface area contributed by atoms with Gasteiger partial charge in [-0.2, -0.15) is 0 Å². The van der Waals surface area contributed by atoms with Gasteiger partial charge in [-0.1, -0.05) is 91.9 Å². The summed E-state index contributed by atoms with van der Waals surface area (Å²) < 4.78 is 2.36. The minimum atomic E-state index is 0.416. The van der Waals surface area contributed by atoms with Crippen LogP contribution in [-0.2, 0) is 0 Å². The third-order valence-corrected chi connectivity index (χ3v) is 9.18. The van der Waals surface area contributed by atoms with Crippen molar-refractivity contribution in [3.05, 3.63) is 142 Å². The van der Waals surface area contributed by atoms with Gasteiger partial charge in [0.05, 0.1) is 11.2 Å². The van der Waals surface area contributed by atoms with Crippen LogP contribution in [0.1, 0.15) is 70.2 Å². The average molecular weight is 536 g/mol. The third-order valence-electron chi connectivity index (χ3n) is 9.18. The Hall–Kier alpha value is -4.10. The summed E-state index contributed by atoms with van der Waals surface area (Å²) in [5.74, 6) is 1.06. The number of aromatic nitrogens is 1. The molecule has 0 saturated carbocycles. The zero-order valence-electron chi connectivity index (χ0n) is 25.0. The number of hydrogen-bond donors (Lipinski definition) is 0. The monoisotopic (exact) mass is 535 g/mol. The van der Waals surface area contributed by atoms with Crippen LogP contribution in [0.2, 0.25) is 0 Å². The molecule has 0 radical (unpaired) electrons. The van der Waals surface area contributed by atoms with Gasteiger partial charge < -0.3 is 4.57 Å². The van der Waals surface area contributed by atoms with E-state index in [1.165, 1.54) is 61.3 Å². The van der Waals surface area contributed by atoms with E-state index >= 15 is 0 Å². The number of rotatable bonds is 6. The molecule has 1 heteroatoms. The van der Waals surface area contributed by atoms with Gasteiger partial charge in [-0.25, -0.2) is 0 Å². The molecule has 3 aliphatic rings. The van der Waals surface area contributed by atoms with E-state index in [1.807, 2.05) is 6.08 Å². The predicted molar refractivity (Wildman–Crippen MR) is 179 cm³/mol. The predicted octanol–water partition coefficient (Wildman–Crippen LogP) is 11.2. The molecule has 3 aliphatic carbocycles. The van der Waals surface area contributed by atoms with Crippen LogP contribution in [-0.4, -0.2) is 4.57 Å². The van der Waals surface area contributed by atoms with Gasteiger partial charge in [-0.05, 0) is 116 Å². The molecule has 41 heavy (non-hydrogen) atoms. The third kappa shape index (κ3) is 4.88. The number of nitrogens with zero attached hydrogens (tertiary/aromatic N) is 1. The second-order valence-corrected chi connectivity index (χ2v) is 11.7. The standard InChI is InChI=1S/C40H41N/c1-6-13-39-33(7-2)38-26-31(24-25-40(38)41(39)32-14-9-8-10-15-32)35-17-12-19-37(29(35)5)36-18-11-16-34(28(36)4)30-22-20-27(3)21-23-30/h6-10,12-15,17-18,20,22-27,37H,2,11,16,19,21H2,1,3-5H3/b13-6-. The summed E-state index contributed by atoms with van der Waals surface area (Å²) in [7, 11) is 0. The highest BCUT2D eigenvalue weighted by atomic mass is 15.0. The molecule has 2 atom stereocenters. The number of hydrogen-bond acceptors (Lipinski definition) is 0. The average Bonchev–Trinajstić information content (AvgIpc) is 3.31. The van der Waals surface area contributed by atoms with Gasteiger partial charge in [0.15, 0.2) is 0 Å². The maximum Gasteiger partial charge on any atom is 0.0541 e. The highest BCUT2D eigenvalue weighted by molar-refractivity contribution is 5.98. The fourth-order valence-corrected chi connectivity index (χ4v) is 7.00. The summed E-state index contributed by atoms with van der Waals surface area (Å²) in [6, 6.07) is 17.6. The van der Waals surface area contributed by atoms with Gasteiger partial charge in [0.1, 0.15) is 0 Å². The number of fused-ring (bicyclic) bond motifs is 1. The molecule has 3 aromatic rings. The molecular formula is C40H41N. The number of benzene rings is 2. The Bertz CT molecular complexity index is 1720. The smallest absolute Gasteiger partial charge is 0.0541 e. The van der Waals surface area contributed by atoms with Crippen LogP contribution in [0.4, 0.5) is 0 Å². The van der Waals surface area contributed by atoms with Gasteiger partial charge in [-0.15, -0.1) is 0 Å². The molecule has 0 amide bonds. The summed E-state index contributed by atoms with van der Waals surface area (Å²) in [6.07, 6.45) is 25.2. The molecule has 1 heterocycles. The van der Waals surface area contributed by atoms with Crippen LogP contribution in [0.15, 0.2) is 126 Å². The summed E-state index contributed by atoms with van der Waals surface area (Å²) in [4.78, 5) is 0. The van der Waals surface area contributed by atoms with Crippen LogP contribution in [0.3, 0.4) is 0 Å². The lowest BCUT2D eigenvalue weighted by molar-refractivity contribution is 0.704. The van der Waals surface area contributed by atoms with Crippen LogP contribution < -0.4 is 0 Å². The molecule has 2 aromatic carbocycles. The maximum atomic E-state index is 4.22. The first-order valence-electron chi connectivity index (χ1n) is 15.2. The highest BCUT2D eigenvalue weighted by Crippen LogP contribution is 2.43. The van der Waals surface area contributed by atoms with Crippen molar-refractivity contribution in [2.75, 3.05) is 0 Å². The maximum absolute atomic E-state index is 4.22. The van der Waals surface area contributed by atoms with Crippen molar-refractivity contribution in [1.29, 1.82) is 0 Å². The second-order valence-electron chi connectivity index (χ2n) is 11.7. The first-order chi connectivity index (χ1) is 20.0. The SMILES string of the molecule is C=Cc1c(/C=C\C)n(-c2ccccc2)c2ccc(C3=C(C)C(C4=CCCC(C5=CCC(C)C=C5)=C4C)CC=C3)cc12. The molecule has 0 spiro atoms. The summed E-state index contributed by atoms with van der Waals surface area (Å²) in [5, 5.41) is 1.24. The highest BCUT2D eigenvalue weighted by Gasteiger charge is 2.26. The lowest BCUT2D eigenvalue weighted by Gasteiger charge is -2.31. The Labute approximate surface area is 246 Å². The van der Waals surface area contributed by atoms with Gasteiger partial charge >= 0.3 is 0 Å². The second kappa shape index (κ2) is 11.4. The molecule has 0 saturated heterocycles. The Morgan fingerprint density at radius 2 is 1.80 bits per heavy atom. The normalized spacial score (nSPS) is 21.2. The van der Waals surface area contributed by atoms with E-state index in [0.29, 0.717) is 11.8 Å². The van der Waals surface area contributed by atoms with Crippen LogP contribution in [0.25, 0.3) is 34.3 Å². The first-order valence-corrected chi connectivity index (χ1v) is 15.2. The fraction of sp³-hybridized carbons (Fsp3) is 0.250. The Balaban J connectivity index is 1.43. The summed E-state index contributed by atoms with van der Waals surface area (Å²) in [6.45, 7) is 13.3. The Morgan fingerprint density at radius 3 is 2.54 bits per heavy atom. The van der Waals surface area contributed by atoms with Crippen molar-refractivity contribution >= 4 is 28.6 Å². The van der Waals surface area contributed by atoms with E-state index in [-0.39, 0.29) is 0 Å². The van der Waals surface area contributed by atoms with E-state index in [2.05, 4.69) is 136 Å². The molecule has 1 nitrogen and oxygen atoms in total. The molecule has 0 bridgehead atoms. The number of allylic oxidation sites excluding steroid dienone is 13. The van der Waals surface area contributed by atoms with E-state index in [0.717, 1.165) is 25.7 Å². The van der Waals surface area contributed by atoms with Crippen molar-refractivity contribution in [1.82, 2.24) is 4.57 Å². The molecule has 0 fully saturated rings. The number of para-hydroxylation sites is 1. The Kier molecular flexibility index (Phi) is 7.54. The van der Waals surface area contributed by atoms with Gasteiger partial charge in [0.25, 0.3) is 0 Å². The van der Waals surface area contributed by atoms with Crippen LogP contribution >= 0.6 is 0 Å². The van der Waals surface area contributed by atoms with E-state index < -0.39 is 0 Å². The van der Waals surface area contributed by atoms with Crippen molar-refractivity contribution < 1.29 is 0 Å².